The highest BCUT2D eigenvalue weighted by Gasteiger charge is 2.27. The molecule has 6 nitrogen and oxygen atoms in total. The van der Waals surface area contributed by atoms with Gasteiger partial charge in [0.05, 0.1) is 11.3 Å². The Kier molecular flexibility index (Phi) is 4.74. The molecule has 2 aromatic heterocycles. The van der Waals surface area contributed by atoms with Gasteiger partial charge in [-0.1, -0.05) is 0 Å². The molecule has 3 heterocycles. The van der Waals surface area contributed by atoms with E-state index in [4.69, 9.17) is 0 Å². The van der Waals surface area contributed by atoms with Gasteiger partial charge in [-0.05, 0) is 37.1 Å². The van der Waals surface area contributed by atoms with Gasteiger partial charge >= 0.3 is 0 Å². The standard InChI is InChI=1S/C20H18F2N6/c1-27-12-25-26-20(27)13-4-6-28(7-5-13)19-15(10-23)8-16(21)9-17(19)14-2-3-18(22)24-11-14/h2-3,8-9,11-13H,4-7H2,1H3. The Hall–Kier alpha value is -3.34. The molecule has 0 saturated carbocycles. The zero-order chi connectivity index (χ0) is 19.7. The minimum atomic E-state index is -0.605. The third kappa shape index (κ3) is 3.31. The lowest BCUT2D eigenvalue weighted by Crippen LogP contribution is -2.34. The summed E-state index contributed by atoms with van der Waals surface area (Å²) >= 11 is 0. The lowest BCUT2D eigenvalue weighted by atomic mass is 9.93. The van der Waals surface area contributed by atoms with Crippen LogP contribution in [0.25, 0.3) is 11.1 Å². The van der Waals surface area contributed by atoms with Crippen LogP contribution in [0.15, 0.2) is 36.8 Å². The first kappa shape index (κ1) is 18.0. The second-order valence-electron chi connectivity index (χ2n) is 6.89. The average Bonchev–Trinajstić information content (AvgIpc) is 3.14. The van der Waals surface area contributed by atoms with Crippen LogP contribution in [0.5, 0.6) is 0 Å². The van der Waals surface area contributed by atoms with Crippen LogP contribution >= 0.6 is 0 Å². The molecule has 0 bridgehead atoms. The van der Waals surface area contributed by atoms with E-state index in [-0.39, 0.29) is 11.5 Å². The van der Waals surface area contributed by atoms with E-state index in [0.29, 0.717) is 29.9 Å². The Bertz CT molecular complexity index is 1030. The number of piperidine rings is 1. The fourth-order valence-electron chi connectivity index (χ4n) is 3.80. The summed E-state index contributed by atoms with van der Waals surface area (Å²) in [5, 5.41) is 17.7. The fraction of sp³-hybridized carbons (Fsp3) is 0.300. The molecule has 3 aromatic rings. The number of rotatable bonds is 3. The number of aromatic nitrogens is 4. The number of hydrogen-bond donors (Lipinski definition) is 0. The number of pyridine rings is 1. The maximum Gasteiger partial charge on any atom is 0.212 e. The summed E-state index contributed by atoms with van der Waals surface area (Å²) in [6.45, 7) is 1.39. The molecule has 1 saturated heterocycles. The first-order chi connectivity index (χ1) is 13.6. The van der Waals surface area contributed by atoms with E-state index in [1.54, 1.807) is 12.4 Å². The van der Waals surface area contributed by atoms with Gasteiger partial charge in [-0.3, -0.25) is 0 Å². The normalized spacial score (nSPS) is 14.9. The number of aryl methyl sites for hydroxylation is 1. The molecule has 1 aromatic carbocycles. The Morgan fingerprint density at radius 3 is 2.57 bits per heavy atom. The molecule has 1 fully saturated rings. The van der Waals surface area contributed by atoms with Crippen LogP contribution < -0.4 is 4.90 Å². The summed E-state index contributed by atoms with van der Waals surface area (Å²) in [6.07, 6.45) is 4.74. The van der Waals surface area contributed by atoms with Gasteiger partial charge in [-0.25, -0.2) is 9.37 Å². The number of halogens is 2. The summed E-state index contributed by atoms with van der Waals surface area (Å²) < 4.78 is 29.3. The van der Waals surface area contributed by atoms with Crippen molar-refractivity contribution in [3.05, 3.63) is 59.9 Å². The molecule has 0 amide bonds. The van der Waals surface area contributed by atoms with Crippen LogP contribution in [0.4, 0.5) is 14.5 Å². The highest BCUT2D eigenvalue weighted by molar-refractivity contribution is 5.82. The van der Waals surface area contributed by atoms with E-state index in [1.807, 2.05) is 11.6 Å². The zero-order valence-electron chi connectivity index (χ0n) is 15.3. The number of hydrogen-bond acceptors (Lipinski definition) is 5. The highest BCUT2D eigenvalue weighted by atomic mass is 19.1. The molecule has 0 atom stereocenters. The van der Waals surface area contributed by atoms with Crippen molar-refractivity contribution in [2.45, 2.75) is 18.8 Å². The number of anilines is 1. The van der Waals surface area contributed by atoms with Crippen molar-refractivity contribution < 1.29 is 8.78 Å². The van der Waals surface area contributed by atoms with E-state index in [2.05, 4.69) is 26.2 Å². The van der Waals surface area contributed by atoms with Crippen LogP contribution in [-0.2, 0) is 7.05 Å². The van der Waals surface area contributed by atoms with Crippen molar-refractivity contribution >= 4 is 5.69 Å². The zero-order valence-corrected chi connectivity index (χ0v) is 15.3. The molecule has 0 radical (unpaired) electrons. The van der Waals surface area contributed by atoms with Gasteiger partial charge in [0.2, 0.25) is 5.95 Å². The first-order valence-corrected chi connectivity index (χ1v) is 9.01. The Morgan fingerprint density at radius 1 is 1.18 bits per heavy atom. The second-order valence-corrected chi connectivity index (χ2v) is 6.89. The molecule has 4 rings (SSSR count). The summed E-state index contributed by atoms with van der Waals surface area (Å²) in [4.78, 5) is 5.76. The van der Waals surface area contributed by atoms with Gasteiger partial charge in [-0.2, -0.15) is 9.65 Å². The summed E-state index contributed by atoms with van der Waals surface area (Å²) in [6, 6.07) is 7.50. The highest BCUT2D eigenvalue weighted by Crippen LogP contribution is 2.38. The molecule has 0 spiro atoms. The Morgan fingerprint density at radius 2 is 1.96 bits per heavy atom. The Labute approximate surface area is 161 Å². The van der Waals surface area contributed by atoms with E-state index in [0.717, 1.165) is 18.7 Å². The minimum Gasteiger partial charge on any atom is -0.370 e. The smallest absolute Gasteiger partial charge is 0.212 e. The van der Waals surface area contributed by atoms with Crippen LogP contribution in [-0.4, -0.2) is 32.8 Å². The molecule has 1 aliphatic heterocycles. The van der Waals surface area contributed by atoms with Gasteiger partial charge < -0.3 is 9.47 Å². The van der Waals surface area contributed by atoms with Crippen molar-refractivity contribution in [1.29, 1.82) is 5.26 Å². The van der Waals surface area contributed by atoms with Gasteiger partial charge in [-0.15, -0.1) is 10.2 Å². The molecular weight excluding hydrogens is 362 g/mol. The maximum absolute atomic E-state index is 14.1. The topological polar surface area (TPSA) is 70.6 Å². The first-order valence-electron chi connectivity index (χ1n) is 9.01. The van der Waals surface area contributed by atoms with Gasteiger partial charge in [0, 0.05) is 43.4 Å². The van der Waals surface area contributed by atoms with Crippen molar-refractivity contribution in [1.82, 2.24) is 19.7 Å². The minimum absolute atomic E-state index is 0.261. The fourth-order valence-corrected chi connectivity index (χ4v) is 3.80. The molecule has 8 heteroatoms. The lowest BCUT2D eigenvalue weighted by molar-refractivity contribution is 0.474. The third-order valence-corrected chi connectivity index (χ3v) is 5.16. The average molecular weight is 380 g/mol. The quantitative estimate of drug-likeness (QED) is 0.651. The number of benzene rings is 1. The van der Waals surface area contributed by atoms with Crippen molar-refractivity contribution in [3.63, 3.8) is 0 Å². The van der Waals surface area contributed by atoms with E-state index in [9.17, 15) is 14.0 Å². The van der Waals surface area contributed by atoms with Crippen LogP contribution in [0.1, 0.15) is 30.1 Å². The largest absolute Gasteiger partial charge is 0.370 e. The molecule has 142 valence electrons. The second kappa shape index (κ2) is 7.35. The molecule has 28 heavy (non-hydrogen) atoms. The molecule has 1 aliphatic rings. The van der Waals surface area contributed by atoms with Crippen molar-refractivity contribution in [2.75, 3.05) is 18.0 Å². The summed E-state index contributed by atoms with van der Waals surface area (Å²) in [5.41, 5.74) is 2.04. The van der Waals surface area contributed by atoms with E-state index < -0.39 is 11.8 Å². The number of nitriles is 1. The van der Waals surface area contributed by atoms with E-state index in [1.165, 1.54) is 24.4 Å². The van der Waals surface area contributed by atoms with Crippen LogP contribution in [0.2, 0.25) is 0 Å². The Balaban J connectivity index is 1.68. The van der Waals surface area contributed by atoms with Crippen molar-refractivity contribution in [2.24, 2.45) is 7.05 Å². The maximum atomic E-state index is 14.1. The molecule has 0 unspecified atom stereocenters. The third-order valence-electron chi connectivity index (χ3n) is 5.16. The van der Waals surface area contributed by atoms with Crippen molar-refractivity contribution in [3.8, 4) is 17.2 Å². The van der Waals surface area contributed by atoms with Crippen LogP contribution in [0.3, 0.4) is 0 Å². The summed E-state index contributed by atoms with van der Waals surface area (Å²) in [5.74, 6) is 0.119. The number of nitrogens with zero attached hydrogens (tertiary/aromatic N) is 6. The predicted molar refractivity (Wildman–Crippen MR) is 99.5 cm³/mol. The lowest BCUT2D eigenvalue weighted by Gasteiger charge is -2.35. The predicted octanol–water partition coefficient (Wildman–Crippen LogP) is 3.41. The van der Waals surface area contributed by atoms with Gasteiger partial charge in [0.25, 0.3) is 0 Å². The molecular formula is C20H18F2N6. The molecule has 0 aliphatic carbocycles. The summed E-state index contributed by atoms with van der Waals surface area (Å²) in [7, 11) is 1.93. The van der Waals surface area contributed by atoms with Gasteiger partial charge in [0.1, 0.15) is 24.0 Å². The SMILES string of the molecule is Cn1cnnc1C1CCN(c2c(C#N)cc(F)cc2-c2ccc(F)nc2)CC1. The monoisotopic (exact) mass is 380 g/mol. The van der Waals surface area contributed by atoms with Crippen LogP contribution in [0, 0.1) is 23.1 Å². The molecule has 0 N–H and O–H groups in total. The van der Waals surface area contributed by atoms with E-state index >= 15 is 0 Å². The van der Waals surface area contributed by atoms with Gasteiger partial charge in [0.15, 0.2) is 0 Å².